The van der Waals surface area contributed by atoms with Gasteiger partial charge in [-0.25, -0.2) is 9.97 Å². The topological polar surface area (TPSA) is 66.0 Å². The molecule has 0 spiro atoms. The van der Waals surface area contributed by atoms with E-state index in [2.05, 4.69) is 25.9 Å². The maximum atomic E-state index is 5.91. The number of nitrogen functional groups attached to an aromatic ring is 1. The van der Waals surface area contributed by atoms with Gasteiger partial charge in [0, 0.05) is 17.7 Å². The molecule has 3 rings (SSSR count). The summed E-state index contributed by atoms with van der Waals surface area (Å²) in [7, 11) is 1.92. The summed E-state index contributed by atoms with van der Waals surface area (Å²) in [6.45, 7) is 0. The van der Waals surface area contributed by atoms with E-state index in [4.69, 9.17) is 10.5 Å². The molecule has 19 heavy (non-hydrogen) atoms. The van der Waals surface area contributed by atoms with Crippen LogP contribution in [0.5, 0.6) is 11.6 Å². The van der Waals surface area contributed by atoms with Gasteiger partial charge in [0.1, 0.15) is 0 Å². The first kappa shape index (κ1) is 12.0. The quantitative estimate of drug-likeness (QED) is 0.737. The van der Waals surface area contributed by atoms with Crippen LogP contribution in [-0.2, 0) is 7.05 Å². The molecule has 0 fully saturated rings. The van der Waals surface area contributed by atoms with Gasteiger partial charge < -0.3 is 15.0 Å². The van der Waals surface area contributed by atoms with Gasteiger partial charge in [0.15, 0.2) is 11.3 Å². The highest BCUT2D eigenvalue weighted by molar-refractivity contribution is 9.10. The number of ether oxygens (including phenoxy) is 1. The molecule has 0 aliphatic carbocycles. The van der Waals surface area contributed by atoms with E-state index in [-0.39, 0.29) is 0 Å². The zero-order valence-corrected chi connectivity index (χ0v) is 11.8. The van der Waals surface area contributed by atoms with Crippen LogP contribution in [0.25, 0.3) is 11.0 Å². The standard InChI is InChI=1S/C13H11BrN4O/c1-18-7-17-12-10(18)4-5-16-13(12)19-11-3-2-8(14)6-9(11)15/h2-7H,15H2,1H3. The van der Waals surface area contributed by atoms with Crippen LogP contribution >= 0.6 is 15.9 Å². The summed E-state index contributed by atoms with van der Waals surface area (Å²) < 4.78 is 8.57. The van der Waals surface area contributed by atoms with Gasteiger partial charge in [-0.1, -0.05) is 15.9 Å². The molecular weight excluding hydrogens is 308 g/mol. The summed E-state index contributed by atoms with van der Waals surface area (Å²) in [4.78, 5) is 8.50. The molecule has 3 aromatic rings. The van der Waals surface area contributed by atoms with Crippen LogP contribution in [-0.4, -0.2) is 14.5 Å². The van der Waals surface area contributed by atoms with Gasteiger partial charge in [-0.05, 0) is 24.3 Å². The smallest absolute Gasteiger partial charge is 0.247 e. The number of hydrogen-bond donors (Lipinski definition) is 1. The van der Waals surface area contributed by atoms with Crippen molar-refractivity contribution in [2.24, 2.45) is 7.05 Å². The summed E-state index contributed by atoms with van der Waals surface area (Å²) in [6, 6.07) is 7.33. The SMILES string of the molecule is Cn1cnc2c(Oc3ccc(Br)cc3N)nccc21. The molecular formula is C13H11BrN4O. The Morgan fingerprint density at radius 2 is 2.11 bits per heavy atom. The largest absolute Gasteiger partial charge is 0.435 e. The minimum absolute atomic E-state index is 0.451. The predicted molar refractivity (Wildman–Crippen MR) is 77.1 cm³/mol. The normalized spacial score (nSPS) is 10.8. The van der Waals surface area contributed by atoms with Crippen molar-refractivity contribution in [1.29, 1.82) is 0 Å². The summed E-state index contributed by atoms with van der Waals surface area (Å²) in [6.07, 6.45) is 3.42. The highest BCUT2D eigenvalue weighted by atomic mass is 79.9. The monoisotopic (exact) mass is 318 g/mol. The van der Waals surface area contributed by atoms with E-state index in [0.29, 0.717) is 22.8 Å². The molecule has 0 amide bonds. The molecule has 2 heterocycles. The predicted octanol–water partition coefficient (Wildman–Crippen LogP) is 3.11. The van der Waals surface area contributed by atoms with Gasteiger partial charge in [0.05, 0.1) is 17.5 Å². The summed E-state index contributed by atoms with van der Waals surface area (Å²) in [5.41, 5.74) is 8.13. The van der Waals surface area contributed by atoms with Crippen molar-refractivity contribution < 1.29 is 4.74 Å². The molecule has 6 heteroatoms. The number of pyridine rings is 1. The van der Waals surface area contributed by atoms with Gasteiger partial charge in [0.25, 0.3) is 0 Å². The van der Waals surface area contributed by atoms with Gasteiger partial charge >= 0.3 is 0 Å². The van der Waals surface area contributed by atoms with E-state index in [1.165, 1.54) is 0 Å². The zero-order chi connectivity index (χ0) is 13.4. The third-order valence-corrected chi connectivity index (χ3v) is 3.28. The van der Waals surface area contributed by atoms with Crippen LogP contribution in [0.4, 0.5) is 5.69 Å². The maximum absolute atomic E-state index is 5.91. The number of anilines is 1. The highest BCUT2D eigenvalue weighted by Crippen LogP contribution is 2.31. The molecule has 0 saturated heterocycles. The fraction of sp³-hybridized carbons (Fsp3) is 0.0769. The minimum Gasteiger partial charge on any atom is -0.435 e. The molecule has 0 atom stereocenters. The number of hydrogen-bond acceptors (Lipinski definition) is 4. The number of aryl methyl sites for hydroxylation is 1. The number of aromatic nitrogens is 3. The van der Waals surface area contributed by atoms with Crippen molar-refractivity contribution in [3.8, 4) is 11.6 Å². The second kappa shape index (κ2) is 4.55. The van der Waals surface area contributed by atoms with E-state index >= 15 is 0 Å². The average molecular weight is 319 g/mol. The fourth-order valence-electron chi connectivity index (χ4n) is 1.83. The maximum Gasteiger partial charge on any atom is 0.247 e. The first-order chi connectivity index (χ1) is 9.15. The second-order valence-electron chi connectivity index (χ2n) is 4.12. The third kappa shape index (κ3) is 2.15. The Bertz CT molecular complexity index is 753. The number of fused-ring (bicyclic) bond motifs is 1. The third-order valence-electron chi connectivity index (χ3n) is 2.79. The molecule has 2 aromatic heterocycles. The molecule has 5 nitrogen and oxygen atoms in total. The van der Waals surface area contributed by atoms with Crippen LogP contribution < -0.4 is 10.5 Å². The van der Waals surface area contributed by atoms with Crippen LogP contribution in [0.1, 0.15) is 0 Å². The number of imidazole rings is 1. The highest BCUT2D eigenvalue weighted by Gasteiger charge is 2.10. The first-order valence-corrected chi connectivity index (χ1v) is 6.43. The van der Waals surface area contributed by atoms with Crippen LogP contribution in [0, 0.1) is 0 Å². The molecule has 2 N–H and O–H groups in total. The first-order valence-electron chi connectivity index (χ1n) is 5.64. The molecule has 1 aromatic carbocycles. The van der Waals surface area contributed by atoms with Gasteiger partial charge in [0.2, 0.25) is 5.88 Å². The second-order valence-corrected chi connectivity index (χ2v) is 5.04. The van der Waals surface area contributed by atoms with Crippen molar-refractivity contribution >= 4 is 32.7 Å². The van der Waals surface area contributed by atoms with Crippen molar-refractivity contribution in [2.45, 2.75) is 0 Å². The molecule has 0 aliphatic heterocycles. The Morgan fingerprint density at radius 1 is 1.26 bits per heavy atom. The van der Waals surface area contributed by atoms with E-state index in [1.54, 1.807) is 24.7 Å². The van der Waals surface area contributed by atoms with Gasteiger partial charge in [-0.15, -0.1) is 0 Å². The number of nitrogens with two attached hydrogens (primary N) is 1. The molecule has 96 valence electrons. The number of nitrogens with zero attached hydrogens (tertiary/aromatic N) is 3. The lowest BCUT2D eigenvalue weighted by Gasteiger charge is -2.08. The lowest BCUT2D eigenvalue weighted by molar-refractivity contribution is 0.470. The number of rotatable bonds is 2. The van der Waals surface area contributed by atoms with Crippen LogP contribution in [0.3, 0.4) is 0 Å². The van der Waals surface area contributed by atoms with Gasteiger partial charge in [-0.3, -0.25) is 0 Å². The summed E-state index contributed by atoms with van der Waals surface area (Å²) in [5, 5.41) is 0. The molecule has 0 radical (unpaired) electrons. The summed E-state index contributed by atoms with van der Waals surface area (Å²) in [5.74, 6) is 1.01. The molecule has 0 bridgehead atoms. The zero-order valence-electron chi connectivity index (χ0n) is 10.2. The van der Waals surface area contributed by atoms with Crippen molar-refractivity contribution in [3.05, 3.63) is 41.3 Å². The Kier molecular flexibility index (Phi) is 2.87. The van der Waals surface area contributed by atoms with Crippen molar-refractivity contribution in [2.75, 3.05) is 5.73 Å². The Balaban J connectivity index is 2.06. The Hall–Kier alpha value is -2.08. The minimum atomic E-state index is 0.451. The van der Waals surface area contributed by atoms with E-state index in [1.807, 2.05) is 23.7 Å². The van der Waals surface area contributed by atoms with E-state index in [0.717, 1.165) is 9.99 Å². The lowest BCUT2D eigenvalue weighted by Crippen LogP contribution is -1.94. The Labute approximate surface area is 118 Å². The number of benzene rings is 1. The van der Waals surface area contributed by atoms with Crippen molar-refractivity contribution in [3.63, 3.8) is 0 Å². The van der Waals surface area contributed by atoms with Crippen LogP contribution in [0.2, 0.25) is 0 Å². The van der Waals surface area contributed by atoms with E-state index in [9.17, 15) is 0 Å². The number of halogens is 1. The molecule has 0 unspecified atom stereocenters. The lowest BCUT2D eigenvalue weighted by atomic mass is 10.3. The van der Waals surface area contributed by atoms with E-state index < -0.39 is 0 Å². The Morgan fingerprint density at radius 3 is 2.89 bits per heavy atom. The molecule has 0 aliphatic rings. The summed E-state index contributed by atoms with van der Waals surface area (Å²) >= 11 is 3.36. The van der Waals surface area contributed by atoms with Crippen LogP contribution in [0.15, 0.2) is 41.3 Å². The van der Waals surface area contributed by atoms with Crippen molar-refractivity contribution in [1.82, 2.24) is 14.5 Å². The van der Waals surface area contributed by atoms with Gasteiger partial charge in [-0.2, -0.15) is 0 Å². The average Bonchev–Trinajstić information content (AvgIpc) is 2.76. The fourth-order valence-corrected chi connectivity index (χ4v) is 2.21. The molecule has 0 saturated carbocycles.